The maximum absolute atomic E-state index is 13.1. The molecule has 0 aromatic carbocycles. The molecule has 2 unspecified atom stereocenters. The van der Waals surface area contributed by atoms with Crippen LogP contribution < -0.4 is 0 Å². The molecule has 4 heteroatoms. The van der Waals surface area contributed by atoms with Crippen LogP contribution >= 0.6 is 0 Å². The van der Waals surface area contributed by atoms with Crippen LogP contribution in [0.15, 0.2) is 0 Å². The van der Waals surface area contributed by atoms with Gasteiger partial charge >= 0.3 is 5.97 Å². The lowest BCUT2D eigenvalue weighted by Crippen LogP contribution is -2.37. The molecule has 0 saturated heterocycles. The number of halogens is 2. The fourth-order valence-electron chi connectivity index (χ4n) is 1.89. The molecule has 2 atom stereocenters. The third-order valence-corrected chi connectivity index (χ3v) is 2.83. The summed E-state index contributed by atoms with van der Waals surface area (Å²) in [5.41, 5.74) is 0. The molecule has 1 N–H and O–H groups in total. The van der Waals surface area contributed by atoms with E-state index in [0.717, 1.165) is 0 Å². The van der Waals surface area contributed by atoms with Crippen molar-refractivity contribution in [2.45, 2.75) is 38.5 Å². The number of aliphatic carboxylic acids is 1. The Kier molecular flexibility index (Phi) is 2.88. The maximum atomic E-state index is 13.1. The Morgan fingerprint density at radius 2 is 2.23 bits per heavy atom. The highest BCUT2D eigenvalue weighted by molar-refractivity contribution is 5.70. The van der Waals surface area contributed by atoms with E-state index in [0.29, 0.717) is 6.42 Å². The van der Waals surface area contributed by atoms with Crippen LogP contribution in [0.2, 0.25) is 0 Å². The summed E-state index contributed by atoms with van der Waals surface area (Å²) in [6.45, 7) is 1.68. The Bertz CT molecular complexity index is 204. The highest BCUT2D eigenvalue weighted by Crippen LogP contribution is 2.42. The van der Waals surface area contributed by atoms with Crippen molar-refractivity contribution in [2.24, 2.45) is 11.8 Å². The second kappa shape index (κ2) is 3.60. The summed E-state index contributed by atoms with van der Waals surface area (Å²) < 4.78 is 26.2. The van der Waals surface area contributed by atoms with Gasteiger partial charge in [-0.2, -0.15) is 0 Å². The first kappa shape index (κ1) is 10.4. The number of hydrogen-bond acceptors (Lipinski definition) is 1. The van der Waals surface area contributed by atoms with E-state index in [9.17, 15) is 13.6 Å². The molecule has 76 valence electrons. The summed E-state index contributed by atoms with van der Waals surface area (Å²) in [4.78, 5) is 10.6. The van der Waals surface area contributed by atoms with Gasteiger partial charge in [-0.3, -0.25) is 4.79 Å². The molecule has 1 aliphatic carbocycles. The van der Waals surface area contributed by atoms with Crippen LogP contribution in [-0.4, -0.2) is 17.0 Å². The number of carboxylic acid groups (broad SMARTS) is 1. The molecule has 1 rings (SSSR count). The molecule has 0 amide bonds. The van der Waals surface area contributed by atoms with Crippen molar-refractivity contribution in [3.05, 3.63) is 0 Å². The van der Waals surface area contributed by atoms with Gasteiger partial charge in [-0.1, -0.05) is 6.92 Å². The van der Waals surface area contributed by atoms with Gasteiger partial charge in [-0.15, -0.1) is 0 Å². The molecule has 0 heterocycles. The number of alkyl halides is 2. The summed E-state index contributed by atoms with van der Waals surface area (Å²) in [5.74, 6) is -4.90. The average Bonchev–Trinajstić information content (AvgIpc) is 2.03. The van der Waals surface area contributed by atoms with Gasteiger partial charge in [0.05, 0.1) is 5.92 Å². The quantitative estimate of drug-likeness (QED) is 0.729. The summed E-state index contributed by atoms with van der Waals surface area (Å²) in [6, 6.07) is 0. The van der Waals surface area contributed by atoms with Gasteiger partial charge in [-0.25, -0.2) is 8.78 Å². The van der Waals surface area contributed by atoms with Gasteiger partial charge in [0.25, 0.3) is 5.92 Å². The molecule has 0 aromatic rings. The Labute approximate surface area is 75.9 Å². The maximum Gasteiger partial charge on any atom is 0.306 e. The molecule has 13 heavy (non-hydrogen) atoms. The summed E-state index contributed by atoms with van der Waals surface area (Å²) in [6.07, 6.45) is 0.316. The Morgan fingerprint density at radius 1 is 1.62 bits per heavy atom. The predicted octanol–water partition coefficient (Wildman–Crippen LogP) is 2.53. The van der Waals surface area contributed by atoms with E-state index in [1.807, 2.05) is 0 Å². The molecule has 1 fully saturated rings. The smallest absolute Gasteiger partial charge is 0.306 e. The fourth-order valence-corrected chi connectivity index (χ4v) is 1.89. The lowest BCUT2D eigenvalue weighted by Gasteiger charge is -2.33. The summed E-state index contributed by atoms with van der Waals surface area (Å²) in [7, 11) is 0. The first-order valence-electron chi connectivity index (χ1n) is 4.58. The molecule has 1 aliphatic rings. The fraction of sp³-hybridized carbons (Fsp3) is 0.889. The molecule has 0 aromatic heterocycles. The van der Waals surface area contributed by atoms with Gasteiger partial charge in [0.1, 0.15) is 0 Å². The number of carboxylic acids is 1. The molecule has 0 bridgehead atoms. The van der Waals surface area contributed by atoms with Crippen LogP contribution in [0, 0.1) is 11.8 Å². The van der Waals surface area contributed by atoms with Crippen molar-refractivity contribution >= 4 is 5.97 Å². The topological polar surface area (TPSA) is 37.3 Å². The van der Waals surface area contributed by atoms with Gasteiger partial charge in [0.2, 0.25) is 0 Å². The van der Waals surface area contributed by atoms with Crippen LogP contribution in [0.5, 0.6) is 0 Å². The van der Waals surface area contributed by atoms with Crippen molar-refractivity contribution in [2.75, 3.05) is 0 Å². The number of carbonyl (C=O) groups is 1. The molecular formula is C9H14F2O2. The second-order valence-electron chi connectivity index (χ2n) is 3.68. The van der Waals surface area contributed by atoms with Crippen LogP contribution in [0.4, 0.5) is 8.78 Å². The molecule has 2 nitrogen and oxygen atoms in total. The van der Waals surface area contributed by atoms with E-state index in [-0.39, 0.29) is 19.3 Å². The molecule has 0 radical (unpaired) electrons. The standard InChI is InChI=1S/C9H14F2O2/c1-2-7-5-6(8(12)13)3-4-9(7,10)11/h6-7H,2-5H2,1H3,(H,12,13). The minimum atomic E-state index is -2.65. The number of rotatable bonds is 2. The van der Waals surface area contributed by atoms with E-state index < -0.39 is 23.7 Å². The van der Waals surface area contributed by atoms with E-state index in [2.05, 4.69) is 0 Å². The Hall–Kier alpha value is -0.670. The van der Waals surface area contributed by atoms with Gasteiger partial charge in [0, 0.05) is 12.3 Å². The first-order valence-corrected chi connectivity index (χ1v) is 4.58. The zero-order chi connectivity index (χ0) is 10.1. The van der Waals surface area contributed by atoms with Crippen molar-refractivity contribution < 1.29 is 18.7 Å². The minimum Gasteiger partial charge on any atom is -0.481 e. The zero-order valence-corrected chi connectivity index (χ0v) is 7.59. The summed E-state index contributed by atoms with van der Waals surface area (Å²) in [5, 5.41) is 8.68. The third kappa shape index (κ3) is 2.17. The van der Waals surface area contributed by atoms with Crippen molar-refractivity contribution in [3.8, 4) is 0 Å². The first-order chi connectivity index (χ1) is 5.97. The number of hydrogen-bond donors (Lipinski definition) is 1. The van der Waals surface area contributed by atoms with Gasteiger partial charge < -0.3 is 5.11 Å². The average molecular weight is 192 g/mol. The highest BCUT2D eigenvalue weighted by Gasteiger charge is 2.45. The second-order valence-corrected chi connectivity index (χ2v) is 3.68. The predicted molar refractivity (Wildman–Crippen MR) is 43.7 cm³/mol. The van der Waals surface area contributed by atoms with Crippen LogP contribution in [0.25, 0.3) is 0 Å². The normalized spacial score (nSPS) is 32.8. The van der Waals surface area contributed by atoms with Crippen molar-refractivity contribution in [3.63, 3.8) is 0 Å². The van der Waals surface area contributed by atoms with Gasteiger partial charge in [-0.05, 0) is 19.3 Å². The summed E-state index contributed by atoms with van der Waals surface area (Å²) >= 11 is 0. The molecule has 0 aliphatic heterocycles. The minimum absolute atomic E-state index is 0.110. The van der Waals surface area contributed by atoms with E-state index in [1.165, 1.54) is 0 Å². The molecule has 1 saturated carbocycles. The molecular weight excluding hydrogens is 178 g/mol. The SMILES string of the molecule is CCC1CC(C(=O)O)CCC1(F)F. The molecule has 0 spiro atoms. The lowest BCUT2D eigenvalue weighted by atomic mass is 9.77. The van der Waals surface area contributed by atoms with E-state index in [1.54, 1.807) is 6.92 Å². The largest absolute Gasteiger partial charge is 0.481 e. The van der Waals surface area contributed by atoms with Gasteiger partial charge in [0.15, 0.2) is 0 Å². The van der Waals surface area contributed by atoms with E-state index in [4.69, 9.17) is 5.11 Å². The highest BCUT2D eigenvalue weighted by atomic mass is 19.3. The van der Waals surface area contributed by atoms with Crippen LogP contribution in [-0.2, 0) is 4.79 Å². The van der Waals surface area contributed by atoms with Crippen LogP contribution in [0.1, 0.15) is 32.6 Å². The lowest BCUT2D eigenvalue weighted by molar-refractivity contribution is -0.150. The van der Waals surface area contributed by atoms with Crippen LogP contribution in [0.3, 0.4) is 0 Å². The monoisotopic (exact) mass is 192 g/mol. The Morgan fingerprint density at radius 3 is 2.69 bits per heavy atom. The Balaban J connectivity index is 2.63. The zero-order valence-electron chi connectivity index (χ0n) is 7.59. The van der Waals surface area contributed by atoms with E-state index >= 15 is 0 Å². The van der Waals surface area contributed by atoms with Crippen molar-refractivity contribution in [1.82, 2.24) is 0 Å². The third-order valence-electron chi connectivity index (χ3n) is 2.83. The van der Waals surface area contributed by atoms with Crippen molar-refractivity contribution in [1.29, 1.82) is 0 Å².